The number of unbranched alkanes of at least 4 members (excludes halogenated alkanes) is 2. The van der Waals surface area contributed by atoms with Crippen molar-refractivity contribution in [3.8, 4) is 6.07 Å². The molecular formula is C11H20N2O. The Morgan fingerprint density at radius 3 is 2.57 bits per heavy atom. The predicted molar refractivity (Wildman–Crippen MR) is 56.5 cm³/mol. The van der Waals surface area contributed by atoms with Crippen LogP contribution in [0.5, 0.6) is 0 Å². The van der Waals surface area contributed by atoms with Gasteiger partial charge in [0.15, 0.2) is 0 Å². The molecule has 0 saturated carbocycles. The van der Waals surface area contributed by atoms with Crippen LogP contribution in [0.2, 0.25) is 0 Å². The van der Waals surface area contributed by atoms with Gasteiger partial charge in [-0.25, -0.2) is 0 Å². The Kier molecular flexibility index (Phi) is 6.82. The van der Waals surface area contributed by atoms with Gasteiger partial charge in [0.1, 0.15) is 0 Å². The molecule has 80 valence electrons. The van der Waals surface area contributed by atoms with Crippen molar-refractivity contribution < 1.29 is 4.79 Å². The summed E-state index contributed by atoms with van der Waals surface area (Å²) in [6.45, 7) is 5.51. The van der Waals surface area contributed by atoms with Crippen molar-refractivity contribution in [2.24, 2.45) is 5.92 Å². The number of carbonyl (C=O) groups is 1. The van der Waals surface area contributed by atoms with E-state index in [0.29, 0.717) is 0 Å². The number of hydrogen-bond acceptors (Lipinski definition) is 2. The highest BCUT2D eigenvalue weighted by Crippen LogP contribution is 2.12. The van der Waals surface area contributed by atoms with Crippen molar-refractivity contribution >= 4 is 5.91 Å². The number of rotatable bonds is 6. The SMILES string of the molecule is CCCCCC(C#N)C(C)NC(C)=O. The van der Waals surface area contributed by atoms with Crippen molar-refractivity contribution in [1.82, 2.24) is 5.32 Å². The number of hydrogen-bond donors (Lipinski definition) is 1. The molecule has 3 nitrogen and oxygen atoms in total. The lowest BCUT2D eigenvalue weighted by molar-refractivity contribution is -0.119. The molecule has 0 aromatic carbocycles. The molecule has 14 heavy (non-hydrogen) atoms. The van der Waals surface area contributed by atoms with Gasteiger partial charge < -0.3 is 5.32 Å². The molecule has 0 bridgehead atoms. The lowest BCUT2D eigenvalue weighted by Crippen LogP contribution is -2.36. The fraction of sp³-hybridized carbons (Fsp3) is 0.818. The Balaban J connectivity index is 3.88. The molecule has 0 aliphatic carbocycles. The number of nitriles is 1. The second-order valence-electron chi connectivity index (χ2n) is 3.72. The second kappa shape index (κ2) is 7.37. The minimum Gasteiger partial charge on any atom is -0.353 e. The molecule has 0 heterocycles. The van der Waals surface area contributed by atoms with Gasteiger partial charge in [0.25, 0.3) is 0 Å². The summed E-state index contributed by atoms with van der Waals surface area (Å²) in [5.41, 5.74) is 0. The van der Waals surface area contributed by atoms with Crippen LogP contribution in [0.1, 0.15) is 46.5 Å². The molecule has 1 N–H and O–H groups in total. The topological polar surface area (TPSA) is 52.9 Å². The Morgan fingerprint density at radius 1 is 1.50 bits per heavy atom. The third kappa shape index (κ3) is 5.58. The van der Waals surface area contributed by atoms with Crippen molar-refractivity contribution in [3.63, 3.8) is 0 Å². The van der Waals surface area contributed by atoms with Gasteiger partial charge in [0, 0.05) is 13.0 Å². The van der Waals surface area contributed by atoms with Crippen LogP contribution in [0.25, 0.3) is 0 Å². The Morgan fingerprint density at radius 2 is 2.14 bits per heavy atom. The first-order chi connectivity index (χ1) is 6.61. The molecule has 0 fully saturated rings. The van der Waals surface area contributed by atoms with E-state index < -0.39 is 0 Å². The van der Waals surface area contributed by atoms with Gasteiger partial charge >= 0.3 is 0 Å². The van der Waals surface area contributed by atoms with Crippen LogP contribution in [0.15, 0.2) is 0 Å². The minimum atomic E-state index is -0.0618. The summed E-state index contributed by atoms with van der Waals surface area (Å²) in [6.07, 6.45) is 4.27. The lowest BCUT2D eigenvalue weighted by Gasteiger charge is -2.17. The highest BCUT2D eigenvalue weighted by Gasteiger charge is 2.16. The van der Waals surface area contributed by atoms with Crippen molar-refractivity contribution in [2.45, 2.75) is 52.5 Å². The van der Waals surface area contributed by atoms with E-state index in [-0.39, 0.29) is 17.9 Å². The maximum absolute atomic E-state index is 10.8. The first kappa shape index (κ1) is 13.0. The lowest BCUT2D eigenvalue weighted by atomic mass is 9.96. The van der Waals surface area contributed by atoms with E-state index in [0.717, 1.165) is 25.7 Å². The van der Waals surface area contributed by atoms with E-state index in [1.807, 2.05) is 6.92 Å². The van der Waals surface area contributed by atoms with Crippen molar-refractivity contribution in [1.29, 1.82) is 5.26 Å². The van der Waals surface area contributed by atoms with Crippen molar-refractivity contribution in [3.05, 3.63) is 0 Å². The molecule has 3 heteroatoms. The van der Waals surface area contributed by atoms with Crippen LogP contribution in [0, 0.1) is 17.2 Å². The number of carbonyl (C=O) groups excluding carboxylic acids is 1. The second-order valence-corrected chi connectivity index (χ2v) is 3.72. The highest BCUT2D eigenvalue weighted by molar-refractivity contribution is 5.73. The highest BCUT2D eigenvalue weighted by atomic mass is 16.1. The fourth-order valence-corrected chi connectivity index (χ4v) is 1.46. The van der Waals surface area contributed by atoms with Crippen LogP contribution < -0.4 is 5.32 Å². The fourth-order valence-electron chi connectivity index (χ4n) is 1.46. The van der Waals surface area contributed by atoms with Gasteiger partial charge in [0.05, 0.1) is 12.0 Å². The van der Waals surface area contributed by atoms with Crippen LogP contribution in [0.4, 0.5) is 0 Å². The van der Waals surface area contributed by atoms with E-state index in [1.54, 1.807) is 0 Å². The van der Waals surface area contributed by atoms with Gasteiger partial charge in [-0.15, -0.1) is 0 Å². The van der Waals surface area contributed by atoms with Gasteiger partial charge in [-0.1, -0.05) is 26.2 Å². The standard InChI is InChI=1S/C11H20N2O/c1-4-5-6-7-11(8-12)9(2)13-10(3)14/h9,11H,4-7H2,1-3H3,(H,13,14). The van der Waals surface area contributed by atoms with Gasteiger partial charge in [-0.05, 0) is 13.3 Å². The van der Waals surface area contributed by atoms with Gasteiger partial charge in [-0.2, -0.15) is 5.26 Å². The van der Waals surface area contributed by atoms with E-state index in [2.05, 4.69) is 18.3 Å². The Hall–Kier alpha value is -1.04. The summed E-state index contributed by atoms with van der Waals surface area (Å²) in [5, 5.41) is 11.7. The molecular weight excluding hydrogens is 176 g/mol. The first-order valence-electron chi connectivity index (χ1n) is 5.28. The maximum Gasteiger partial charge on any atom is 0.217 e. The van der Waals surface area contributed by atoms with Crippen LogP contribution >= 0.6 is 0 Å². The molecule has 2 unspecified atom stereocenters. The third-order valence-corrected chi connectivity index (χ3v) is 2.32. The summed E-state index contributed by atoms with van der Waals surface area (Å²) in [6, 6.07) is 2.22. The Bertz CT molecular complexity index is 208. The molecule has 2 atom stereocenters. The van der Waals surface area contributed by atoms with Gasteiger partial charge in [0.2, 0.25) is 5.91 Å². The zero-order valence-electron chi connectivity index (χ0n) is 9.34. The average Bonchev–Trinajstić information content (AvgIpc) is 2.11. The smallest absolute Gasteiger partial charge is 0.217 e. The quantitative estimate of drug-likeness (QED) is 0.662. The molecule has 0 aliphatic rings. The summed E-state index contributed by atoms with van der Waals surface area (Å²) < 4.78 is 0. The minimum absolute atomic E-state index is 0.0330. The molecule has 0 aromatic heterocycles. The van der Waals surface area contributed by atoms with Crippen LogP contribution in [-0.4, -0.2) is 11.9 Å². The average molecular weight is 196 g/mol. The zero-order chi connectivity index (χ0) is 11.0. The van der Waals surface area contributed by atoms with Gasteiger partial charge in [-0.3, -0.25) is 4.79 Å². The molecule has 0 aromatic rings. The monoisotopic (exact) mass is 196 g/mol. The largest absolute Gasteiger partial charge is 0.353 e. The summed E-state index contributed by atoms with van der Waals surface area (Å²) in [5.74, 6) is -0.112. The zero-order valence-corrected chi connectivity index (χ0v) is 9.34. The van der Waals surface area contributed by atoms with Crippen LogP contribution in [0.3, 0.4) is 0 Å². The molecule has 0 aliphatic heterocycles. The number of nitrogens with one attached hydrogen (secondary N) is 1. The maximum atomic E-state index is 10.8. The summed E-state index contributed by atoms with van der Waals surface area (Å²) in [4.78, 5) is 10.8. The van der Waals surface area contributed by atoms with E-state index in [9.17, 15) is 4.79 Å². The number of amides is 1. The van der Waals surface area contributed by atoms with Crippen molar-refractivity contribution in [2.75, 3.05) is 0 Å². The normalized spacial score (nSPS) is 14.1. The molecule has 0 spiro atoms. The molecule has 1 amide bonds. The predicted octanol–water partition coefficient (Wildman–Crippen LogP) is 2.23. The Labute approximate surface area is 86.5 Å². The first-order valence-corrected chi connectivity index (χ1v) is 5.28. The third-order valence-electron chi connectivity index (χ3n) is 2.32. The van der Waals surface area contributed by atoms with E-state index in [4.69, 9.17) is 5.26 Å². The van der Waals surface area contributed by atoms with Crippen LogP contribution in [-0.2, 0) is 4.79 Å². The number of nitrogens with zero attached hydrogens (tertiary/aromatic N) is 1. The van der Waals surface area contributed by atoms with E-state index >= 15 is 0 Å². The molecule has 0 radical (unpaired) electrons. The molecule has 0 rings (SSSR count). The molecule has 0 saturated heterocycles. The summed E-state index contributed by atoms with van der Waals surface area (Å²) in [7, 11) is 0. The van der Waals surface area contributed by atoms with E-state index in [1.165, 1.54) is 6.92 Å². The summed E-state index contributed by atoms with van der Waals surface area (Å²) >= 11 is 0.